The standard InChI is InChI=1S/C11H16N6/c1-3-17(11-13-14-15-16(11)2)8-9-5-4-6-10(12)7-9/h4-7H,3,8,12H2,1-2H3. The topological polar surface area (TPSA) is 72.9 Å². The molecule has 90 valence electrons. The van der Waals surface area contributed by atoms with Crippen molar-refractivity contribution in [1.29, 1.82) is 0 Å². The maximum absolute atomic E-state index is 5.76. The first-order valence-electron chi connectivity index (χ1n) is 5.52. The first-order chi connectivity index (χ1) is 8.20. The molecule has 0 unspecified atom stereocenters. The normalized spacial score (nSPS) is 10.5. The van der Waals surface area contributed by atoms with Gasteiger partial charge in [-0.15, -0.1) is 0 Å². The number of hydrogen-bond donors (Lipinski definition) is 1. The molecule has 0 fully saturated rings. The number of rotatable bonds is 4. The molecule has 0 aliphatic heterocycles. The van der Waals surface area contributed by atoms with Crippen molar-refractivity contribution < 1.29 is 0 Å². The van der Waals surface area contributed by atoms with Crippen LogP contribution in [0.3, 0.4) is 0 Å². The van der Waals surface area contributed by atoms with Crippen molar-refractivity contribution in [3.05, 3.63) is 29.8 Å². The van der Waals surface area contributed by atoms with E-state index in [1.54, 1.807) is 4.68 Å². The third kappa shape index (κ3) is 2.52. The quantitative estimate of drug-likeness (QED) is 0.790. The maximum Gasteiger partial charge on any atom is 0.245 e. The Hall–Kier alpha value is -2.11. The Kier molecular flexibility index (Phi) is 3.22. The summed E-state index contributed by atoms with van der Waals surface area (Å²) in [5.41, 5.74) is 7.68. The van der Waals surface area contributed by atoms with Crippen LogP contribution in [0.4, 0.5) is 11.6 Å². The molecular weight excluding hydrogens is 216 g/mol. The first-order valence-corrected chi connectivity index (χ1v) is 5.52. The lowest BCUT2D eigenvalue weighted by Gasteiger charge is -2.20. The Labute approximate surface area is 100 Å². The van der Waals surface area contributed by atoms with E-state index in [9.17, 15) is 0 Å². The number of aromatic nitrogens is 4. The van der Waals surface area contributed by atoms with Crippen LogP contribution in [0.1, 0.15) is 12.5 Å². The Balaban J connectivity index is 2.19. The molecule has 17 heavy (non-hydrogen) atoms. The summed E-state index contributed by atoms with van der Waals surface area (Å²) in [7, 11) is 1.83. The van der Waals surface area contributed by atoms with Crippen molar-refractivity contribution in [1.82, 2.24) is 20.2 Å². The minimum atomic E-state index is 0.746. The number of benzene rings is 1. The van der Waals surface area contributed by atoms with E-state index in [1.165, 1.54) is 0 Å². The summed E-state index contributed by atoms with van der Waals surface area (Å²) >= 11 is 0. The monoisotopic (exact) mass is 232 g/mol. The number of nitrogen functional groups attached to an aromatic ring is 1. The third-order valence-electron chi connectivity index (χ3n) is 2.59. The van der Waals surface area contributed by atoms with Crippen molar-refractivity contribution in [2.45, 2.75) is 13.5 Å². The second-order valence-electron chi connectivity index (χ2n) is 3.86. The van der Waals surface area contributed by atoms with E-state index in [-0.39, 0.29) is 0 Å². The minimum Gasteiger partial charge on any atom is -0.399 e. The fourth-order valence-electron chi connectivity index (χ4n) is 1.73. The summed E-state index contributed by atoms with van der Waals surface area (Å²) in [4.78, 5) is 2.09. The lowest BCUT2D eigenvalue weighted by molar-refractivity contribution is 0.683. The number of aryl methyl sites for hydroxylation is 1. The van der Waals surface area contributed by atoms with Crippen LogP contribution in [0.2, 0.25) is 0 Å². The molecule has 0 radical (unpaired) electrons. The van der Waals surface area contributed by atoms with Crippen LogP contribution in [-0.4, -0.2) is 26.8 Å². The highest BCUT2D eigenvalue weighted by Gasteiger charge is 2.11. The molecule has 0 saturated carbocycles. The summed E-state index contributed by atoms with van der Waals surface area (Å²) in [6.07, 6.45) is 0. The molecule has 6 nitrogen and oxygen atoms in total. The predicted molar refractivity (Wildman–Crippen MR) is 66.4 cm³/mol. The van der Waals surface area contributed by atoms with Crippen molar-refractivity contribution in [3.8, 4) is 0 Å². The molecule has 1 heterocycles. The minimum absolute atomic E-state index is 0.746. The van der Waals surface area contributed by atoms with Crippen LogP contribution in [0, 0.1) is 0 Å². The Bertz CT molecular complexity index is 492. The van der Waals surface area contributed by atoms with E-state index in [1.807, 2.05) is 31.3 Å². The summed E-state index contributed by atoms with van der Waals surface area (Å²) < 4.78 is 1.66. The van der Waals surface area contributed by atoms with E-state index in [0.717, 1.165) is 30.3 Å². The Morgan fingerprint density at radius 2 is 2.24 bits per heavy atom. The average Bonchev–Trinajstić information content (AvgIpc) is 2.72. The molecule has 6 heteroatoms. The van der Waals surface area contributed by atoms with Gasteiger partial charge in [0.25, 0.3) is 0 Å². The summed E-state index contributed by atoms with van der Waals surface area (Å²) in [6.45, 7) is 3.65. The Morgan fingerprint density at radius 3 is 2.82 bits per heavy atom. The summed E-state index contributed by atoms with van der Waals surface area (Å²) in [5.74, 6) is 0.759. The molecular formula is C11H16N6. The van der Waals surface area contributed by atoms with Crippen molar-refractivity contribution in [2.75, 3.05) is 17.2 Å². The fraction of sp³-hybridized carbons (Fsp3) is 0.364. The molecule has 0 aliphatic rings. The highest BCUT2D eigenvalue weighted by Crippen LogP contribution is 2.13. The second-order valence-corrected chi connectivity index (χ2v) is 3.86. The maximum atomic E-state index is 5.76. The lowest BCUT2D eigenvalue weighted by atomic mass is 10.2. The largest absolute Gasteiger partial charge is 0.399 e. The van der Waals surface area contributed by atoms with Gasteiger partial charge in [-0.05, 0) is 35.0 Å². The average molecular weight is 232 g/mol. The van der Waals surface area contributed by atoms with Crippen LogP contribution >= 0.6 is 0 Å². The number of hydrogen-bond acceptors (Lipinski definition) is 5. The Morgan fingerprint density at radius 1 is 1.41 bits per heavy atom. The molecule has 0 atom stereocenters. The van der Waals surface area contributed by atoms with E-state index in [4.69, 9.17) is 5.73 Å². The smallest absolute Gasteiger partial charge is 0.245 e. The van der Waals surface area contributed by atoms with E-state index >= 15 is 0 Å². The van der Waals surface area contributed by atoms with Crippen molar-refractivity contribution >= 4 is 11.6 Å². The van der Waals surface area contributed by atoms with Gasteiger partial charge >= 0.3 is 0 Å². The molecule has 0 saturated heterocycles. The molecule has 2 N–H and O–H groups in total. The number of nitrogens with zero attached hydrogens (tertiary/aromatic N) is 5. The summed E-state index contributed by atoms with van der Waals surface area (Å²) in [5, 5.41) is 11.5. The summed E-state index contributed by atoms with van der Waals surface area (Å²) in [6, 6.07) is 7.84. The molecule has 1 aromatic heterocycles. The first kappa shape index (κ1) is 11.4. The SMILES string of the molecule is CCN(Cc1cccc(N)c1)c1nnnn1C. The molecule has 2 rings (SSSR count). The predicted octanol–water partition coefficient (Wildman–Crippen LogP) is 0.819. The zero-order valence-corrected chi connectivity index (χ0v) is 10.0. The van der Waals surface area contributed by atoms with Gasteiger partial charge in [-0.3, -0.25) is 0 Å². The molecule has 0 spiro atoms. The van der Waals surface area contributed by atoms with Gasteiger partial charge in [0, 0.05) is 25.8 Å². The van der Waals surface area contributed by atoms with Crippen molar-refractivity contribution in [3.63, 3.8) is 0 Å². The van der Waals surface area contributed by atoms with Crippen LogP contribution in [0.25, 0.3) is 0 Å². The number of nitrogens with two attached hydrogens (primary N) is 1. The zero-order chi connectivity index (χ0) is 12.3. The van der Waals surface area contributed by atoms with E-state index in [2.05, 4.69) is 27.3 Å². The van der Waals surface area contributed by atoms with Gasteiger partial charge in [-0.2, -0.15) is 0 Å². The van der Waals surface area contributed by atoms with E-state index < -0.39 is 0 Å². The highest BCUT2D eigenvalue weighted by atomic mass is 15.6. The van der Waals surface area contributed by atoms with Gasteiger partial charge in [0.2, 0.25) is 5.95 Å². The number of tetrazole rings is 1. The second kappa shape index (κ2) is 4.82. The van der Waals surface area contributed by atoms with Crippen LogP contribution < -0.4 is 10.6 Å². The molecule has 0 bridgehead atoms. The molecule has 2 aromatic rings. The lowest BCUT2D eigenvalue weighted by Crippen LogP contribution is -2.25. The highest BCUT2D eigenvalue weighted by molar-refractivity contribution is 5.42. The fourth-order valence-corrected chi connectivity index (χ4v) is 1.73. The third-order valence-corrected chi connectivity index (χ3v) is 2.59. The van der Waals surface area contributed by atoms with Gasteiger partial charge in [-0.1, -0.05) is 17.2 Å². The van der Waals surface area contributed by atoms with Crippen molar-refractivity contribution in [2.24, 2.45) is 7.05 Å². The van der Waals surface area contributed by atoms with Crippen LogP contribution in [-0.2, 0) is 13.6 Å². The van der Waals surface area contributed by atoms with Gasteiger partial charge in [0.1, 0.15) is 0 Å². The van der Waals surface area contributed by atoms with Crippen LogP contribution in [0.15, 0.2) is 24.3 Å². The molecule has 0 aliphatic carbocycles. The van der Waals surface area contributed by atoms with Gasteiger partial charge in [-0.25, -0.2) is 4.68 Å². The van der Waals surface area contributed by atoms with Gasteiger partial charge in [0.15, 0.2) is 0 Å². The van der Waals surface area contributed by atoms with E-state index in [0.29, 0.717) is 0 Å². The van der Waals surface area contributed by atoms with Gasteiger partial charge < -0.3 is 10.6 Å². The zero-order valence-electron chi connectivity index (χ0n) is 10.0. The van der Waals surface area contributed by atoms with Gasteiger partial charge in [0.05, 0.1) is 0 Å². The van der Waals surface area contributed by atoms with Crippen LogP contribution in [0.5, 0.6) is 0 Å². The molecule has 1 aromatic carbocycles. The molecule has 0 amide bonds. The number of anilines is 2.